The lowest BCUT2D eigenvalue weighted by atomic mass is 10.3. The van der Waals surface area contributed by atoms with Crippen LogP contribution in [0, 0.1) is 0 Å². The summed E-state index contributed by atoms with van der Waals surface area (Å²) in [5.41, 5.74) is 0. The number of carbonyl (C=O) groups excluding carboxylic acids is 1. The first-order valence-corrected chi connectivity index (χ1v) is 8.32. The van der Waals surface area contributed by atoms with Crippen LogP contribution >= 0.6 is 35.0 Å². The fraction of sp³-hybridized carbons (Fsp3) is 0.462. The molecule has 0 unspecified atom stereocenters. The summed E-state index contributed by atoms with van der Waals surface area (Å²) < 4.78 is 5.40. The van der Waals surface area contributed by atoms with Crippen LogP contribution < -0.4 is 15.4 Å². The van der Waals surface area contributed by atoms with E-state index in [1.165, 1.54) is 0 Å². The molecule has 1 heterocycles. The average molecular weight is 351 g/mol. The molecule has 1 aromatic carbocycles. The minimum atomic E-state index is -0.821. The molecule has 1 saturated heterocycles. The lowest BCUT2D eigenvalue weighted by molar-refractivity contribution is -0.122. The highest BCUT2D eigenvalue weighted by molar-refractivity contribution is 7.99. The zero-order chi connectivity index (χ0) is 15.2. The van der Waals surface area contributed by atoms with Gasteiger partial charge in [0.05, 0.1) is 11.1 Å². The summed E-state index contributed by atoms with van der Waals surface area (Å²) in [4.78, 5) is 11.7. The van der Waals surface area contributed by atoms with E-state index in [1.807, 2.05) is 0 Å². The Hall–Kier alpha value is -0.660. The summed E-state index contributed by atoms with van der Waals surface area (Å²) in [7, 11) is 0. The Morgan fingerprint density at radius 1 is 1.57 bits per heavy atom. The molecule has 2 atom stereocenters. The van der Waals surface area contributed by atoms with Gasteiger partial charge in [-0.1, -0.05) is 29.3 Å². The van der Waals surface area contributed by atoms with Crippen molar-refractivity contribution in [1.29, 1.82) is 0 Å². The summed E-state index contributed by atoms with van der Waals surface area (Å²) in [6.45, 7) is 0.146. The topological polar surface area (TPSA) is 70.6 Å². The highest BCUT2D eigenvalue weighted by Gasteiger charge is 2.22. The van der Waals surface area contributed by atoms with E-state index in [9.17, 15) is 9.90 Å². The lowest BCUT2D eigenvalue weighted by Crippen LogP contribution is -2.45. The molecule has 0 aromatic heterocycles. The largest absolute Gasteiger partial charge is 0.489 e. The van der Waals surface area contributed by atoms with Crippen LogP contribution in [-0.2, 0) is 4.79 Å². The molecule has 0 spiro atoms. The third-order valence-electron chi connectivity index (χ3n) is 2.89. The van der Waals surface area contributed by atoms with E-state index in [-0.39, 0.29) is 25.1 Å². The maximum atomic E-state index is 11.7. The Labute approximate surface area is 137 Å². The van der Waals surface area contributed by atoms with Gasteiger partial charge in [0.25, 0.3) is 0 Å². The fourth-order valence-corrected chi connectivity index (χ4v) is 3.03. The zero-order valence-corrected chi connectivity index (χ0v) is 13.5. The fourth-order valence-electron chi connectivity index (χ4n) is 1.75. The number of aliphatic hydroxyl groups is 1. The van der Waals surface area contributed by atoms with Crippen molar-refractivity contribution in [3.05, 3.63) is 28.2 Å². The van der Waals surface area contributed by atoms with E-state index in [0.29, 0.717) is 15.8 Å². The molecule has 5 nitrogen and oxygen atoms in total. The molecule has 1 aliphatic heterocycles. The molecule has 0 saturated carbocycles. The number of carbonyl (C=O) groups is 1. The number of benzene rings is 1. The quantitative estimate of drug-likeness (QED) is 0.725. The number of ether oxygens (including phenoxy) is 1. The molecular formula is C13H16Cl2N2O3S. The second-order valence-electron chi connectivity index (χ2n) is 4.53. The molecule has 2 rings (SSSR count). The molecule has 0 aliphatic carbocycles. The van der Waals surface area contributed by atoms with Crippen molar-refractivity contribution in [2.24, 2.45) is 0 Å². The monoisotopic (exact) mass is 350 g/mol. The van der Waals surface area contributed by atoms with Crippen LogP contribution in [-0.4, -0.2) is 47.9 Å². The molecule has 3 N–H and O–H groups in total. The predicted molar refractivity (Wildman–Crippen MR) is 85.2 cm³/mol. The molecule has 1 aromatic rings. The van der Waals surface area contributed by atoms with Gasteiger partial charge in [-0.05, 0) is 12.1 Å². The van der Waals surface area contributed by atoms with Gasteiger partial charge in [0.1, 0.15) is 23.5 Å². The van der Waals surface area contributed by atoms with Gasteiger partial charge in [0.2, 0.25) is 5.91 Å². The van der Waals surface area contributed by atoms with Gasteiger partial charge < -0.3 is 15.2 Å². The normalized spacial score (nSPS) is 19.3. The van der Waals surface area contributed by atoms with Gasteiger partial charge in [-0.15, -0.1) is 11.8 Å². The SMILES string of the molecule is O=C(NC[C@H](O)COc1cccc(Cl)c1Cl)[C@H]1CSCN1. The van der Waals surface area contributed by atoms with Gasteiger partial charge in [-0.25, -0.2) is 0 Å². The van der Waals surface area contributed by atoms with Crippen molar-refractivity contribution in [1.82, 2.24) is 10.6 Å². The molecule has 1 amide bonds. The summed E-state index contributed by atoms with van der Waals surface area (Å²) in [5, 5.41) is 16.3. The summed E-state index contributed by atoms with van der Waals surface area (Å²) >= 11 is 13.5. The number of thioether (sulfide) groups is 1. The first-order chi connectivity index (χ1) is 10.1. The number of amides is 1. The molecule has 116 valence electrons. The van der Waals surface area contributed by atoms with Crippen molar-refractivity contribution in [3.8, 4) is 5.75 Å². The van der Waals surface area contributed by atoms with Crippen molar-refractivity contribution in [2.45, 2.75) is 12.1 Å². The van der Waals surface area contributed by atoms with Crippen molar-refractivity contribution < 1.29 is 14.6 Å². The second kappa shape index (κ2) is 8.10. The Kier molecular flexibility index (Phi) is 6.44. The molecule has 0 radical (unpaired) electrons. The summed E-state index contributed by atoms with van der Waals surface area (Å²) in [5.74, 6) is 1.82. The number of hydrogen-bond donors (Lipinski definition) is 3. The molecular weight excluding hydrogens is 335 g/mol. The van der Waals surface area contributed by atoms with Crippen LogP contribution in [0.15, 0.2) is 18.2 Å². The summed E-state index contributed by atoms with van der Waals surface area (Å²) in [6.07, 6.45) is -0.821. The third kappa shape index (κ3) is 4.93. The minimum Gasteiger partial charge on any atom is -0.489 e. The average Bonchev–Trinajstić information content (AvgIpc) is 3.00. The van der Waals surface area contributed by atoms with Crippen LogP contribution in [0.3, 0.4) is 0 Å². The van der Waals surface area contributed by atoms with Gasteiger partial charge in [-0.3, -0.25) is 10.1 Å². The Balaban J connectivity index is 1.73. The first kappa shape index (κ1) is 16.7. The van der Waals surface area contributed by atoms with Gasteiger partial charge in [0.15, 0.2) is 0 Å². The van der Waals surface area contributed by atoms with Crippen LogP contribution in [0.2, 0.25) is 10.0 Å². The molecule has 21 heavy (non-hydrogen) atoms. The highest BCUT2D eigenvalue weighted by Crippen LogP contribution is 2.31. The Morgan fingerprint density at radius 3 is 3.10 bits per heavy atom. The highest BCUT2D eigenvalue weighted by atomic mass is 35.5. The van der Waals surface area contributed by atoms with E-state index in [2.05, 4.69) is 10.6 Å². The van der Waals surface area contributed by atoms with E-state index >= 15 is 0 Å². The van der Waals surface area contributed by atoms with E-state index in [0.717, 1.165) is 11.6 Å². The van der Waals surface area contributed by atoms with Crippen LogP contribution in [0.25, 0.3) is 0 Å². The van der Waals surface area contributed by atoms with Gasteiger partial charge >= 0.3 is 0 Å². The van der Waals surface area contributed by atoms with Crippen molar-refractivity contribution >= 4 is 40.9 Å². The summed E-state index contributed by atoms with van der Waals surface area (Å²) in [6, 6.07) is 4.84. The predicted octanol–water partition coefficient (Wildman–Crippen LogP) is 1.51. The van der Waals surface area contributed by atoms with Gasteiger partial charge in [0, 0.05) is 18.2 Å². The van der Waals surface area contributed by atoms with Crippen molar-refractivity contribution in [3.63, 3.8) is 0 Å². The van der Waals surface area contributed by atoms with E-state index in [4.69, 9.17) is 27.9 Å². The number of halogens is 2. The zero-order valence-electron chi connectivity index (χ0n) is 11.1. The second-order valence-corrected chi connectivity index (χ2v) is 6.35. The molecule has 1 aliphatic rings. The standard InChI is InChI=1S/C13H16Cl2N2O3S/c14-9-2-1-3-11(12(9)15)20-5-8(18)4-16-13(19)10-6-21-7-17-10/h1-3,8,10,17-18H,4-7H2,(H,16,19)/t8-,10+/m0/s1. The number of hydrogen-bond acceptors (Lipinski definition) is 5. The van der Waals surface area contributed by atoms with E-state index < -0.39 is 6.10 Å². The maximum Gasteiger partial charge on any atom is 0.238 e. The van der Waals surface area contributed by atoms with Gasteiger partial charge in [-0.2, -0.15) is 0 Å². The maximum absolute atomic E-state index is 11.7. The number of aliphatic hydroxyl groups excluding tert-OH is 1. The lowest BCUT2D eigenvalue weighted by Gasteiger charge is -2.16. The molecule has 1 fully saturated rings. The number of rotatable bonds is 6. The third-order valence-corrected chi connectivity index (χ3v) is 4.63. The van der Waals surface area contributed by atoms with Crippen LogP contribution in [0.4, 0.5) is 0 Å². The minimum absolute atomic E-state index is 0.0210. The van der Waals surface area contributed by atoms with Crippen LogP contribution in [0.1, 0.15) is 0 Å². The van der Waals surface area contributed by atoms with Crippen molar-refractivity contribution in [2.75, 3.05) is 24.8 Å². The Morgan fingerprint density at radius 2 is 2.38 bits per heavy atom. The van der Waals surface area contributed by atoms with E-state index in [1.54, 1.807) is 30.0 Å². The molecule has 8 heteroatoms. The Bertz CT molecular complexity index is 498. The van der Waals surface area contributed by atoms with Crippen LogP contribution in [0.5, 0.6) is 5.75 Å². The first-order valence-electron chi connectivity index (χ1n) is 6.41. The number of nitrogens with one attached hydrogen (secondary N) is 2. The smallest absolute Gasteiger partial charge is 0.238 e. The molecule has 0 bridgehead atoms.